The topological polar surface area (TPSA) is 58.6 Å². The molecule has 0 saturated heterocycles. The van der Waals surface area contributed by atoms with Crippen molar-refractivity contribution in [3.05, 3.63) is 25.3 Å². The minimum absolute atomic E-state index is 0.330. The number of ether oxygens (including phenoxy) is 1. The molecule has 0 aromatic rings. The second kappa shape index (κ2) is 9.59. The van der Waals surface area contributed by atoms with Crippen LogP contribution in [0.3, 0.4) is 0 Å². The van der Waals surface area contributed by atoms with E-state index in [2.05, 4.69) is 18.5 Å². The van der Waals surface area contributed by atoms with E-state index in [1.165, 1.54) is 4.90 Å². The third-order valence-electron chi connectivity index (χ3n) is 1.99. The quantitative estimate of drug-likeness (QED) is 0.378. The van der Waals surface area contributed by atoms with Crippen molar-refractivity contribution in [1.82, 2.24) is 10.2 Å². The lowest BCUT2D eigenvalue weighted by atomic mass is 10.3. The molecule has 0 aliphatic carbocycles. The molecule has 0 spiro atoms. The van der Waals surface area contributed by atoms with Gasteiger partial charge < -0.3 is 15.0 Å². The van der Waals surface area contributed by atoms with E-state index in [9.17, 15) is 9.59 Å². The fourth-order valence-corrected chi connectivity index (χ4v) is 1.19. The lowest BCUT2D eigenvalue weighted by Gasteiger charge is -2.18. The van der Waals surface area contributed by atoms with Crippen molar-refractivity contribution in [3.8, 4) is 0 Å². The smallest absolute Gasteiger partial charge is 0.312 e. The van der Waals surface area contributed by atoms with Gasteiger partial charge in [0.05, 0.1) is 0 Å². The molecule has 17 heavy (non-hydrogen) atoms. The highest BCUT2D eigenvalue weighted by Gasteiger charge is 2.18. The minimum atomic E-state index is -0.607. The number of carbonyl (C=O) groups is 2. The van der Waals surface area contributed by atoms with Gasteiger partial charge in [0, 0.05) is 33.4 Å². The van der Waals surface area contributed by atoms with Crippen LogP contribution in [0.1, 0.15) is 6.42 Å². The zero-order valence-electron chi connectivity index (χ0n) is 10.3. The molecule has 0 aliphatic heterocycles. The summed E-state index contributed by atoms with van der Waals surface area (Å²) >= 11 is 0. The van der Waals surface area contributed by atoms with Crippen molar-refractivity contribution in [2.45, 2.75) is 6.42 Å². The van der Waals surface area contributed by atoms with Crippen molar-refractivity contribution in [3.63, 3.8) is 0 Å². The second-order valence-corrected chi connectivity index (χ2v) is 3.39. The molecular formula is C12H20N2O3. The van der Waals surface area contributed by atoms with Crippen LogP contribution in [0.25, 0.3) is 0 Å². The van der Waals surface area contributed by atoms with Crippen LogP contribution in [0.2, 0.25) is 0 Å². The number of rotatable bonds is 8. The van der Waals surface area contributed by atoms with E-state index in [0.29, 0.717) is 32.7 Å². The number of hydrogen-bond donors (Lipinski definition) is 1. The average Bonchev–Trinajstić information content (AvgIpc) is 2.33. The Labute approximate surface area is 102 Å². The van der Waals surface area contributed by atoms with Gasteiger partial charge in [-0.25, -0.2) is 0 Å². The van der Waals surface area contributed by atoms with Crippen molar-refractivity contribution >= 4 is 11.8 Å². The van der Waals surface area contributed by atoms with E-state index >= 15 is 0 Å². The van der Waals surface area contributed by atoms with Gasteiger partial charge in [0.1, 0.15) is 0 Å². The number of nitrogens with one attached hydrogen (secondary N) is 1. The Bertz CT molecular complexity index is 267. The molecule has 0 unspecified atom stereocenters. The Morgan fingerprint density at radius 3 is 2.35 bits per heavy atom. The van der Waals surface area contributed by atoms with Gasteiger partial charge in [-0.15, -0.1) is 13.2 Å². The molecule has 0 aromatic carbocycles. The zero-order chi connectivity index (χ0) is 13.1. The molecule has 96 valence electrons. The Morgan fingerprint density at radius 1 is 1.29 bits per heavy atom. The first kappa shape index (κ1) is 15.4. The number of methoxy groups -OCH3 is 1. The van der Waals surface area contributed by atoms with E-state index in [4.69, 9.17) is 4.74 Å². The van der Waals surface area contributed by atoms with Gasteiger partial charge in [0.25, 0.3) is 0 Å². The van der Waals surface area contributed by atoms with Crippen LogP contribution in [0, 0.1) is 0 Å². The van der Waals surface area contributed by atoms with E-state index < -0.39 is 11.8 Å². The number of amides is 2. The first-order chi connectivity index (χ1) is 8.17. The monoisotopic (exact) mass is 240 g/mol. The van der Waals surface area contributed by atoms with E-state index in [1.54, 1.807) is 19.3 Å². The molecule has 0 rings (SSSR count). The maximum absolute atomic E-state index is 11.7. The maximum atomic E-state index is 11.7. The predicted molar refractivity (Wildman–Crippen MR) is 66.5 cm³/mol. The molecule has 0 fully saturated rings. The summed E-state index contributed by atoms with van der Waals surface area (Å²) in [7, 11) is 1.59. The largest absolute Gasteiger partial charge is 0.385 e. The predicted octanol–water partition coefficient (Wildman–Crippen LogP) is 0.340. The summed E-state index contributed by atoms with van der Waals surface area (Å²) in [5.74, 6) is -1.17. The van der Waals surface area contributed by atoms with Crippen LogP contribution in [-0.4, -0.2) is 50.1 Å². The molecule has 5 heteroatoms. The van der Waals surface area contributed by atoms with Crippen LogP contribution in [0.4, 0.5) is 0 Å². The summed E-state index contributed by atoms with van der Waals surface area (Å²) in [6.45, 7) is 8.71. The van der Waals surface area contributed by atoms with Crippen LogP contribution in [0.15, 0.2) is 25.3 Å². The van der Waals surface area contributed by atoms with Crippen LogP contribution in [-0.2, 0) is 14.3 Å². The average molecular weight is 240 g/mol. The minimum Gasteiger partial charge on any atom is -0.385 e. The van der Waals surface area contributed by atoms with Gasteiger partial charge in [-0.05, 0) is 6.42 Å². The molecule has 0 radical (unpaired) electrons. The normalized spacial score (nSPS) is 9.47. The molecule has 0 bridgehead atoms. The van der Waals surface area contributed by atoms with Crippen molar-refractivity contribution in [2.75, 3.05) is 33.4 Å². The number of hydrogen-bond acceptors (Lipinski definition) is 3. The molecule has 0 aromatic heterocycles. The molecule has 0 saturated carbocycles. The molecule has 2 amide bonds. The van der Waals surface area contributed by atoms with Crippen LogP contribution in [0.5, 0.6) is 0 Å². The van der Waals surface area contributed by atoms with Gasteiger partial charge in [0.15, 0.2) is 0 Å². The third-order valence-corrected chi connectivity index (χ3v) is 1.99. The highest BCUT2D eigenvalue weighted by Crippen LogP contribution is 1.92. The van der Waals surface area contributed by atoms with E-state index in [-0.39, 0.29) is 0 Å². The maximum Gasteiger partial charge on any atom is 0.312 e. The summed E-state index contributed by atoms with van der Waals surface area (Å²) < 4.78 is 4.84. The Hall–Kier alpha value is -1.62. The van der Waals surface area contributed by atoms with Crippen molar-refractivity contribution in [1.29, 1.82) is 0 Å². The van der Waals surface area contributed by atoms with Gasteiger partial charge in [-0.3, -0.25) is 9.59 Å². The van der Waals surface area contributed by atoms with Crippen molar-refractivity contribution in [2.24, 2.45) is 0 Å². The Balaban J connectivity index is 4.10. The van der Waals surface area contributed by atoms with E-state index in [0.717, 1.165) is 0 Å². The summed E-state index contributed by atoms with van der Waals surface area (Å²) in [6, 6.07) is 0. The summed E-state index contributed by atoms with van der Waals surface area (Å²) in [5, 5.41) is 2.54. The van der Waals surface area contributed by atoms with Gasteiger partial charge >= 0.3 is 11.8 Å². The van der Waals surface area contributed by atoms with Crippen molar-refractivity contribution < 1.29 is 14.3 Å². The zero-order valence-corrected chi connectivity index (χ0v) is 10.3. The van der Waals surface area contributed by atoms with Gasteiger partial charge in [0.2, 0.25) is 0 Å². The van der Waals surface area contributed by atoms with Gasteiger partial charge in [-0.1, -0.05) is 12.2 Å². The first-order valence-electron chi connectivity index (χ1n) is 5.45. The lowest BCUT2D eigenvalue weighted by Crippen LogP contribution is -2.43. The molecule has 5 nitrogen and oxygen atoms in total. The highest BCUT2D eigenvalue weighted by atomic mass is 16.5. The second-order valence-electron chi connectivity index (χ2n) is 3.39. The molecular weight excluding hydrogens is 220 g/mol. The standard InChI is InChI=1S/C12H20N2O3/c1-4-8-14(9-5-2)12(16)11(15)13-7-6-10-17-3/h4-5H,1-2,6-10H2,3H3,(H,13,15). The van der Waals surface area contributed by atoms with Gasteiger partial charge in [-0.2, -0.15) is 0 Å². The summed E-state index contributed by atoms with van der Waals surface area (Å²) in [4.78, 5) is 24.5. The molecule has 1 N–H and O–H groups in total. The number of carbonyl (C=O) groups excluding carboxylic acids is 2. The number of nitrogens with zero attached hydrogens (tertiary/aromatic N) is 1. The molecule has 0 heterocycles. The van der Waals surface area contributed by atoms with Crippen LogP contribution < -0.4 is 5.32 Å². The first-order valence-corrected chi connectivity index (χ1v) is 5.45. The highest BCUT2D eigenvalue weighted by molar-refractivity contribution is 6.35. The molecule has 0 aliphatic rings. The van der Waals surface area contributed by atoms with E-state index in [1.807, 2.05) is 0 Å². The third kappa shape index (κ3) is 6.52. The lowest BCUT2D eigenvalue weighted by molar-refractivity contribution is -0.145. The Morgan fingerprint density at radius 2 is 1.88 bits per heavy atom. The fourth-order valence-electron chi connectivity index (χ4n) is 1.19. The SMILES string of the molecule is C=CCN(CC=C)C(=O)C(=O)NCCCOC. The fraction of sp³-hybridized carbons (Fsp3) is 0.500. The summed E-state index contributed by atoms with van der Waals surface area (Å²) in [5.41, 5.74) is 0. The Kier molecular flexibility index (Phi) is 8.68. The molecule has 0 atom stereocenters. The van der Waals surface area contributed by atoms with Crippen LogP contribution >= 0.6 is 0 Å². The summed E-state index contributed by atoms with van der Waals surface area (Å²) in [6.07, 6.45) is 3.82.